The third kappa shape index (κ3) is 5.04. The van der Waals surface area contributed by atoms with Gasteiger partial charge in [0.2, 0.25) is 0 Å². The maximum atomic E-state index is 11.5. The molecule has 1 rings (SSSR count). The third-order valence-electron chi connectivity index (χ3n) is 2.09. The molecular weight excluding hydrogens is 334 g/mol. The van der Waals surface area contributed by atoms with Gasteiger partial charge in [-0.2, -0.15) is 0 Å². The molecule has 0 aliphatic carbocycles. The molecule has 0 atom stereocenters. The van der Waals surface area contributed by atoms with Crippen molar-refractivity contribution in [2.75, 3.05) is 18.2 Å². The lowest BCUT2D eigenvalue weighted by molar-refractivity contribution is -0.137. The third-order valence-corrected chi connectivity index (χ3v) is 3.70. The van der Waals surface area contributed by atoms with Crippen LogP contribution in [0.5, 0.6) is 0 Å². The van der Waals surface area contributed by atoms with Crippen molar-refractivity contribution in [1.82, 2.24) is 0 Å². The average Bonchev–Trinajstić information content (AvgIpc) is 2.30. The number of ether oxygens (including phenoxy) is 1. The Morgan fingerprint density at radius 3 is 2.42 bits per heavy atom. The predicted molar refractivity (Wildman–Crippen MR) is 77.3 cm³/mol. The number of sulfone groups is 1. The quantitative estimate of drug-likeness (QED) is 0.653. The molecule has 0 aromatic heterocycles. The summed E-state index contributed by atoms with van der Waals surface area (Å²) in [6, 6.07) is 7.07. The first-order valence-electron chi connectivity index (χ1n) is 5.44. The number of hydrogen-bond donors (Lipinski definition) is 1. The van der Waals surface area contributed by atoms with E-state index in [1.807, 2.05) is 0 Å². The van der Waals surface area contributed by atoms with Crippen molar-refractivity contribution >= 4 is 37.4 Å². The summed E-state index contributed by atoms with van der Waals surface area (Å²) in [4.78, 5) is 11.1. The molecule has 0 spiro atoms. The zero-order valence-corrected chi connectivity index (χ0v) is 12.9. The molecule has 1 aromatic rings. The summed E-state index contributed by atoms with van der Waals surface area (Å²) in [5.74, 6) is -0.866. The second-order valence-electron chi connectivity index (χ2n) is 3.65. The maximum absolute atomic E-state index is 11.5. The molecule has 19 heavy (non-hydrogen) atoms. The zero-order chi connectivity index (χ0) is 14.5. The number of anilines is 1. The van der Waals surface area contributed by atoms with Crippen molar-refractivity contribution in [1.29, 1.82) is 0 Å². The number of esters is 1. The van der Waals surface area contributed by atoms with Gasteiger partial charge in [-0.3, -0.25) is 0 Å². The topological polar surface area (TPSA) is 72.5 Å². The van der Waals surface area contributed by atoms with Crippen molar-refractivity contribution in [3.05, 3.63) is 39.8 Å². The first-order valence-corrected chi connectivity index (χ1v) is 8.12. The van der Waals surface area contributed by atoms with E-state index in [4.69, 9.17) is 4.74 Å². The Balaban J connectivity index is 2.96. The van der Waals surface area contributed by atoms with Crippen LogP contribution in [0.15, 0.2) is 39.8 Å². The first-order chi connectivity index (χ1) is 8.84. The number of hydrogen-bond acceptors (Lipinski definition) is 5. The van der Waals surface area contributed by atoms with Gasteiger partial charge in [0.15, 0.2) is 14.7 Å². The molecule has 0 aliphatic rings. The molecule has 0 bridgehead atoms. The summed E-state index contributed by atoms with van der Waals surface area (Å²) >= 11 is 3.29. The number of benzene rings is 1. The second-order valence-corrected chi connectivity index (χ2v) is 6.55. The fourth-order valence-corrected chi connectivity index (χ4v) is 2.11. The lowest BCUT2D eigenvalue weighted by atomic mass is 10.3. The number of halogens is 1. The highest BCUT2D eigenvalue weighted by molar-refractivity contribution is 9.10. The van der Waals surface area contributed by atoms with Crippen LogP contribution in [0.1, 0.15) is 6.92 Å². The van der Waals surface area contributed by atoms with Crippen LogP contribution >= 0.6 is 15.9 Å². The minimum atomic E-state index is -3.65. The number of carbonyl (C=O) groups excluding carboxylic acids is 1. The van der Waals surface area contributed by atoms with Crippen molar-refractivity contribution in [2.24, 2.45) is 0 Å². The van der Waals surface area contributed by atoms with Crippen LogP contribution in [-0.2, 0) is 19.4 Å². The van der Waals surface area contributed by atoms with Gasteiger partial charge in [0.25, 0.3) is 0 Å². The minimum Gasteiger partial charge on any atom is -0.462 e. The molecule has 0 fully saturated rings. The van der Waals surface area contributed by atoms with Crippen LogP contribution in [0.2, 0.25) is 0 Å². The number of carbonyl (C=O) groups is 1. The second kappa shape index (κ2) is 6.72. The van der Waals surface area contributed by atoms with Crippen LogP contribution in [-0.4, -0.2) is 27.2 Å². The summed E-state index contributed by atoms with van der Waals surface area (Å²) in [6.07, 6.45) is 2.09. The van der Waals surface area contributed by atoms with E-state index >= 15 is 0 Å². The smallest absolute Gasteiger partial charge is 0.351 e. The summed E-state index contributed by atoms with van der Waals surface area (Å²) in [5, 5.41) is 2.75. The summed E-state index contributed by atoms with van der Waals surface area (Å²) in [5.41, 5.74) is 0.661. The fourth-order valence-electron chi connectivity index (χ4n) is 1.21. The molecule has 1 aromatic carbocycles. The SMILES string of the molecule is CCOC(=O)C(=CNc1ccc(Br)cc1)S(C)(=O)=O. The number of rotatable bonds is 5. The molecule has 5 nitrogen and oxygen atoms in total. The van der Waals surface area contributed by atoms with Gasteiger partial charge in [-0.1, -0.05) is 15.9 Å². The van der Waals surface area contributed by atoms with Gasteiger partial charge in [-0.25, -0.2) is 13.2 Å². The summed E-state index contributed by atoms with van der Waals surface area (Å²) < 4.78 is 28.6. The molecule has 0 aliphatic heterocycles. The van der Waals surface area contributed by atoms with E-state index in [-0.39, 0.29) is 6.61 Å². The molecule has 0 saturated carbocycles. The number of nitrogens with one attached hydrogen (secondary N) is 1. The predicted octanol–water partition coefficient (Wildman–Crippen LogP) is 2.31. The van der Waals surface area contributed by atoms with Crippen molar-refractivity contribution in [3.8, 4) is 0 Å². The molecule has 104 valence electrons. The van der Waals surface area contributed by atoms with Crippen LogP contribution in [0, 0.1) is 0 Å². The van der Waals surface area contributed by atoms with Gasteiger partial charge in [-0.05, 0) is 31.2 Å². The van der Waals surface area contributed by atoms with Crippen LogP contribution < -0.4 is 5.32 Å². The summed E-state index contributed by atoms with van der Waals surface area (Å²) in [6.45, 7) is 1.73. The highest BCUT2D eigenvalue weighted by Gasteiger charge is 2.21. The maximum Gasteiger partial charge on any atom is 0.351 e. The Hall–Kier alpha value is -1.34. The fraction of sp³-hybridized carbons (Fsp3) is 0.250. The van der Waals surface area contributed by atoms with Crippen molar-refractivity contribution < 1.29 is 17.9 Å². The van der Waals surface area contributed by atoms with Gasteiger partial charge in [0, 0.05) is 22.6 Å². The highest BCUT2D eigenvalue weighted by atomic mass is 79.9. The Morgan fingerprint density at radius 2 is 1.95 bits per heavy atom. The zero-order valence-electron chi connectivity index (χ0n) is 10.5. The lowest BCUT2D eigenvalue weighted by Crippen LogP contribution is -2.16. The van der Waals surface area contributed by atoms with E-state index in [9.17, 15) is 13.2 Å². The van der Waals surface area contributed by atoms with Crippen LogP contribution in [0.4, 0.5) is 5.69 Å². The van der Waals surface area contributed by atoms with E-state index in [2.05, 4.69) is 21.2 Å². The highest BCUT2D eigenvalue weighted by Crippen LogP contribution is 2.15. The molecule has 1 N–H and O–H groups in total. The normalized spacial score (nSPS) is 12.1. The van der Waals surface area contributed by atoms with Gasteiger partial charge in [-0.15, -0.1) is 0 Å². The average molecular weight is 348 g/mol. The van der Waals surface area contributed by atoms with E-state index in [1.54, 1.807) is 31.2 Å². The van der Waals surface area contributed by atoms with Gasteiger partial charge < -0.3 is 10.1 Å². The molecule has 0 heterocycles. The summed E-state index contributed by atoms with van der Waals surface area (Å²) in [7, 11) is -3.65. The largest absolute Gasteiger partial charge is 0.462 e. The molecular formula is C12H14BrNO4S. The van der Waals surface area contributed by atoms with Crippen molar-refractivity contribution in [2.45, 2.75) is 6.92 Å². The molecule has 7 heteroatoms. The Bertz CT molecular complexity index is 578. The van der Waals surface area contributed by atoms with E-state index in [0.29, 0.717) is 5.69 Å². The van der Waals surface area contributed by atoms with Gasteiger partial charge in [0.05, 0.1) is 6.61 Å². The van der Waals surface area contributed by atoms with E-state index in [0.717, 1.165) is 16.9 Å². The Kier molecular flexibility index (Phi) is 5.56. The molecule has 0 unspecified atom stereocenters. The van der Waals surface area contributed by atoms with E-state index < -0.39 is 20.7 Å². The molecule has 0 amide bonds. The Labute approximate surface area is 120 Å². The standard InChI is InChI=1S/C12H14BrNO4S/c1-3-18-12(15)11(19(2,16)17)8-14-10-6-4-9(13)5-7-10/h4-8,14H,3H2,1-2H3. The van der Waals surface area contributed by atoms with E-state index in [1.165, 1.54) is 0 Å². The minimum absolute atomic E-state index is 0.115. The van der Waals surface area contributed by atoms with Crippen molar-refractivity contribution in [3.63, 3.8) is 0 Å². The Morgan fingerprint density at radius 1 is 1.37 bits per heavy atom. The first kappa shape index (κ1) is 15.7. The molecule has 0 saturated heterocycles. The lowest BCUT2D eigenvalue weighted by Gasteiger charge is -2.06. The van der Waals surface area contributed by atoms with Gasteiger partial charge >= 0.3 is 5.97 Å². The van der Waals surface area contributed by atoms with Crippen LogP contribution in [0.3, 0.4) is 0 Å². The molecule has 0 radical (unpaired) electrons. The van der Waals surface area contributed by atoms with Crippen LogP contribution in [0.25, 0.3) is 0 Å². The monoisotopic (exact) mass is 347 g/mol. The van der Waals surface area contributed by atoms with Gasteiger partial charge in [0.1, 0.15) is 0 Å².